The van der Waals surface area contributed by atoms with Crippen molar-refractivity contribution in [1.29, 1.82) is 0 Å². The van der Waals surface area contributed by atoms with Crippen molar-refractivity contribution in [2.45, 2.75) is 38.1 Å². The first kappa shape index (κ1) is 10.2. The zero-order valence-corrected chi connectivity index (χ0v) is 8.99. The average Bonchev–Trinajstić information content (AvgIpc) is 2.67. The fraction of sp³-hybridized carbons (Fsp3) is 0.833. The van der Waals surface area contributed by atoms with Gasteiger partial charge in [0.15, 0.2) is 0 Å². The van der Waals surface area contributed by atoms with Gasteiger partial charge in [0.1, 0.15) is 0 Å². The minimum absolute atomic E-state index is 0.681. The van der Waals surface area contributed by atoms with Crippen molar-refractivity contribution in [3.63, 3.8) is 0 Å². The molecule has 0 aromatic carbocycles. The summed E-state index contributed by atoms with van der Waals surface area (Å²) >= 11 is 0. The van der Waals surface area contributed by atoms with E-state index in [9.17, 15) is 0 Å². The highest BCUT2D eigenvalue weighted by Gasteiger charge is 2.25. The molecule has 1 unspecified atom stereocenters. The van der Waals surface area contributed by atoms with E-state index in [1.807, 2.05) is 0 Å². The van der Waals surface area contributed by atoms with Crippen LogP contribution in [0.2, 0.25) is 0 Å². The molecule has 1 aliphatic heterocycles. The highest BCUT2D eigenvalue weighted by atomic mass is 15.2. The molecule has 2 heteroatoms. The SMILES string of the molecule is NC[C@@H]1CCCN1CC1CC=CCC1. The smallest absolute Gasteiger partial charge is 0.0219 e. The number of rotatable bonds is 3. The molecular formula is C12H22N2. The maximum Gasteiger partial charge on any atom is 0.0219 e. The van der Waals surface area contributed by atoms with Crippen molar-refractivity contribution >= 4 is 0 Å². The molecule has 2 atom stereocenters. The Morgan fingerprint density at radius 1 is 1.29 bits per heavy atom. The van der Waals surface area contributed by atoms with Crippen LogP contribution in [0.4, 0.5) is 0 Å². The third-order valence-electron chi connectivity index (χ3n) is 3.64. The summed E-state index contributed by atoms with van der Waals surface area (Å²) in [5.41, 5.74) is 5.77. The molecule has 2 rings (SSSR count). The van der Waals surface area contributed by atoms with E-state index in [1.54, 1.807) is 0 Å². The van der Waals surface area contributed by atoms with Gasteiger partial charge in [-0.25, -0.2) is 0 Å². The summed E-state index contributed by atoms with van der Waals surface area (Å²) in [5.74, 6) is 0.896. The molecule has 0 aromatic heterocycles. The van der Waals surface area contributed by atoms with Gasteiger partial charge in [-0.1, -0.05) is 12.2 Å². The van der Waals surface area contributed by atoms with Crippen molar-refractivity contribution in [1.82, 2.24) is 4.90 Å². The van der Waals surface area contributed by atoms with E-state index in [2.05, 4.69) is 17.1 Å². The van der Waals surface area contributed by atoms with Gasteiger partial charge in [-0.3, -0.25) is 4.90 Å². The Hall–Kier alpha value is -0.340. The summed E-state index contributed by atoms with van der Waals surface area (Å²) in [4.78, 5) is 2.61. The maximum atomic E-state index is 5.77. The largest absolute Gasteiger partial charge is 0.329 e. The number of allylic oxidation sites excluding steroid dienone is 2. The molecule has 0 saturated carbocycles. The second-order valence-corrected chi connectivity index (χ2v) is 4.68. The molecule has 2 nitrogen and oxygen atoms in total. The number of likely N-dealkylation sites (tertiary alicyclic amines) is 1. The van der Waals surface area contributed by atoms with Gasteiger partial charge in [0.05, 0.1) is 0 Å². The van der Waals surface area contributed by atoms with E-state index in [1.165, 1.54) is 45.2 Å². The lowest BCUT2D eigenvalue weighted by molar-refractivity contribution is 0.210. The highest BCUT2D eigenvalue weighted by Crippen LogP contribution is 2.23. The van der Waals surface area contributed by atoms with E-state index >= 15 is 0 Å². The van der Waals surface area contributed by atoms with Crippen LogP contribution in [0.15, 0.2) is 12.2 Å². The maximum absolute atomic E-state index is 5.77. The Morgan fingerprint density at radius 3 is 2.93 bits per heavy atom. The predicted molar refractivity (Wildman–Crippen MR) is 60.1 cm³/mol. The van der Waals surface area contributed by atoms with Gasteiger partial charge >= 0.3 is 0 Å². The van der Waals surface area contributed by atoms with Gasteiger partial charge < -0.3 is 5.73 Å². The number of nitrogens with two attached hydrogens (primary N) is 1. The van der Waals surface area contributed by atoms with Gasteiger partial charge in [-0.05, 0) is 44.6 Å². The molecule has 80 valence electrons. The van der Waals surface area contributed by atoms with Crippen LogP contribution in [0.25, 0.3) is 0 Å². The highest BCUT2D eigenvalue weighted by molar-refractivity contribution is 4.92. The van der Waals surface area contributed by atoms with Crippen LogP contribution in [-0.4, -0.2) is 30.6 Å². The summed E-state index contributed by atoms with van der Waals surface area (Å²) in [5, 5.41) is 0. The van der Waals surface area contributed by atoms with Crippen LogP contribution in [0, 0.1) is 5.92 Å². The van der Waals surface area contributed by atoms with E-state index in [4.69, 9.17) is 5.73 Å². The van der Waals surface area contributed by atoms with Crippen LogP contribution in [0.3, 0.4) is 0 Å². The topological polar surface area (TPSA) is 29.3 Å². The zero-order chi connectivity index (χ0) is 9.80. The first-order valence-corrected chi connectivity index (χ1v) is 5.99. The second-order valence-electron chi connectivity index (χ2n) is 4.68. The molecule has 2 N–H and O–H groups in total. The molecule has 0 bridgehead atoms. The van der Waals surface area contributed by atoms with Crippen LogP contribution in [0.5, 0.6) is 0 Å². The van der Waals surface area contributed by atoms with Crippen LogP contribution < -0.4 is 5.73 Å². The lowest BCUT2D eigenvalue weighted by Crippen LogP contribution is -2.38. The molecule has 1 fully saturated rings. The molecule has 1 aliphatic carbocycles. The van der Waals surface area contributed by atoms with Gasteiger partial charge in [0, 0.05) is 19.1 Å². The van der Waals surface area contributed by atoms with Crippen molar-refractivity contribution in [2.24, 2.45) is 11.7 Å². The lowest BCUT2D eigenvalue weighted by atomic mass is 9.94. The van der Waals surface area contributed by atoms with Gasteiger partial charge in [0.2, 0.25) is 0 Å². The van der Waals surface area contributed by atoms with E-state index in [-0.39, 0.29) is 0 Å². The number of nitrogens with zero attached hydrogens (tertiary/aromatic N) is 1. The fourth-order valence-electron chi connectivity index (χ4n) is 2.76. The van der Waals surface area contributed by atoms with Crippen LogP contribution in [0.1, 0.15) is 32.1 Å². The number of hydrogen-bond donors (Lipinski definition) is 1. The molecule has 1 saturated heterocycles. The van der Waals surface area contributed by atoms with E-state index in [0.29, 0.717) is 6.04 Å². The molecule has 0 spiro atoms. The Morgan fingerprint density at radius 2 is 2.21 bits per heavy atom. The van der Waals surface area contributed by atoms with Gasteiger partial charge in [-0.15, -0.1) is 0 Å². The quantitative estimate of drug-likeness (QED) is 0.694. The van der Waals surface area contributed by atoms with Crippen LogP contribution in [-0.2, 0) is 0 Å². The van der Waals surface area contributed by atoms with E-state index < -0.39 is 0 Å². The van der Waals surface area contributed by atoms with Crippen molar-refractivity contribution in [3.8, 4) is 0 Å². The van der Waals surface area contributed by atoms with E-state index in [0.717, 1.165) is 12.5 Å². The summed E-state index contributed by atoms with van der Waals surface area (Å²) in [6, 6.07) is 0.681. The zero-order valence-electron chi connectivity index (χ0n) is 8.99. The molecule has 14 heavy (non-hydrogen) atoms. The third-order valence-corrected chi connectivity index (χ3v) is 3.64. The standard InChI is InChI=1S/C12H22N2/c13-9-12-7-4-8-14(12)10-11-5-2-1-3-6-11/h1-2,11-12H,3-10,13H2/t11?,12-/m0/s1. The molecule has 0 aromatic rings. The number of hydrogen-bond acceptors (Lipinski definition) is 2. The van der Waals surface area contributed by atoms with Crippen molar-refractivity contribution < 1.29 is 0 Å². The monoisotopic (exact) mass is 194 g/mol. The van der Waals surface area contributed by atoms with Gasteiger partial charge in [-0.2, -0.15) is 0 Å². The Balaban J connectivity index is 1.81. The minimum atomic E-state index is 0.681. The Kier molecular flexibility index (Phi) is 3.60. The molecule has 1 heterocycles. The van der Waals surface area contributed by atoms with Crippen molar-refractivity contribution in [3.05, 3.63) is 12.2 Å². The van der Waals surface area contributed by atoms with Gasteiger partial charge in [0.25, 0.3) is 0 Å². The summed E-state index contributed by atoms with van der Waals surface area (Å²) < 4.78 is 0. The molecule has 0 radical (unpaired) electrons. The first-order chi connectivity index (χ1) is 6.90. The summed E-state index contributed by atoms with van der Waals surface area (Å²) in [6.45, 7) is 3.41. The average molecular weight is 194 g/mol. The first-order valence-electron chi connectivity index (χ1n) is 5.99. The summed E-state index contributed by atoms with van der Waals surface area (Å²) in [7, 11) is 0. The fourth-order valence-corrected chi connectivity index (χ4v) is 2.76. The lowest BCUT2D eigenvalue weighted by Gasteiger charge is -2.28. The molecule has 0 amide bonds. The second kappa shape index (κ2) is 4.94. The minimum Gasteiger partial charge on any atom is -0.329 e. The Bertz CT molecular complexity index is 200. The summed E-state index contributed by atoms with van der Waals surface area (Å²) in [6.07, 6.45) is 11.3. The third kappa shape index (κ3) is 2.37. The molecular weight excluding hydrogens is 172 g/mol. The normalized spacial score (nSPS) is 33.8. The van der Waals surface area contributed by atoms with Crippen LogP contribution >= 0.6 is 0 Å². The molecule has 2 aliphatic rings. The Labute approximate surface area is 87.2 Å². The van der Waals surface area contributed by atoms with Crippen molar-refractivity contribution in [2.75, 3.05) is 19.6 Å². The predicted octanol–water partition coefficient (Wildman–Crippen LogP) is 1.77.